The van der Waals surface area contributed by atoms with Gasteiger partial charge < -0.3 is 14.2 Å². The Bertz CT molecular complexity index is 1500. The summed E-state index contributed by atoms with van der Waals surface area (Å²) < 4.78 is 36.3. The van der Waals surface area contributed by atoms with Crippen LogP contribution in [0.3, 0.4) is 0 Å². The summed E-state index contributed by atoms with van der Waals surface area (Å²) in [7, 11) is 1.99. The molecule has 0 N–H and O–H groups in total. The Balaban J connectivity index is 1.26. The van der Waals surface area contributed by atoms with Crippen molar-refractivity contribution in [1.82, 2.24) is 38.9 Å². The van der Waals surface area contributed by atoms with Crippen LogP contribution in [0.15, 0.2) is 24.3 Å². The number of hydrogen-bond donors (Lipinski definition) is 0. The highest BCUT2D eigenvalue weighted by molar-refractivity contribution is 5.86. The number of benzene rings is 1. The number of anilines is 1. The van der Waals surface area contributed by atoms with Crippen molar-refractivity contribution in [2.24, 2.45) is 7.05 Å². The molecule has 1 aromatic carbocycles. The molecule has 6 heterocycles. The monoisotopic (exact) mass is 523 g/mol. The average molecular weight is 524 g/mol. The molecule has 0 radical (unpaired) electrons. The Morgan fingerprint density at radius 2 is 1.76 bits per heavy atom. The van der Waals surface area contributed by atoms with Gasteiger partial charge >= 0.3 is 0 Å². The lowest BCUT2D eigenvalue weighted by Gasteiger charge is -2.51. The van der Waals surface area contributed by atoms with Crippen LogP contribution in [-0.2, 0) is 24.8 Å². The van der Waals surface area contributed by atoms with Crippen molar-refractivity contribution < 1.29 is 13.5 Å². The Hall–Kier alpha value is -3.22. The van der Waals surface area contributed by atoms with Crippen LogP contribution in [0.25, 0.3) is 28.1 Å². The van der Waals surface area contributed by atoms with E-state index >= 15 is 0 Å². The van der Waals surface area contributed by atoms with E-state index in [9.17, 15) is 8.78 Å². The Labute approximate surface area is 218 Å². The molecule has 7 rings (SSSR count). The van der Waals surface area contributed by atoms with Gasteiger partial charge in [0.2, 0.25) is 5.95 Å². The highest BCUT2D eigenvalue weighted by Gasteiger charge is 2.49. The maximum absolute atomic E-state index is 13.3. The van der Waals surface area contributed by atoms with Crippen molar-refractivity contribution in [3.05, 3.63) is 35.9 Å². The van der Waals surface area contributed by atoms with E-state index in [-0.39, 0.29) is 19.1 Å². The second kappa shape index (κ2) is 8.92. The van der Waals surface area contributed by atoms with Crippen LogP contribution in [0, 0.1) is 0 Å². The zero-order valence-corrected chi connectivity index (χ0v) is 21.6. The fourth-order valence-corrected chi connectivity index (χ4v) is 5.76. The number of aromatic nitrogens is 6. The summed E-state index contributed by atoms with van der Waals surface area (Å²) in [6.07, 6.45) is 0.749. The number of hydrogen-bond acceptors (Lipinski definition) is 8. The SMILES string of the molecule is CCc1nc2ccccc2n1-c1nc(N2CCOCC2)c2nc(CN3CC(N4CC(F)(F)C4)C3)n(C)c2n1. The molecule has 0 saturated carbocycles. The molecular formula is C26H31F2N9O. The van der Waals surface area contributed by atoms with E-state index in [1.165, 1.54) is 0 Å². The first-order chi connectivity index (χ1) is 18.4. The van der Waals surface area contributed by atoms with Gasteiger partial charge in [-0.3, -0.25) is 14.4 Å². The predicted molar refractivity (Wildman–Crippen MR) is 139 cm³/mol. The van der Waals surface area contributed by atoms with Gasteiger partial charge in [0.15, 0.2) is 17.0 Å². The van der Waals surface area contributed by atoms with Crippen LogP contribution >= 0.6 is 0 Å². The van der Waals surface area contributed by atoms with Gasteiger partial charge in [-0.1, -0.05) is 19.1 Å². The van der Waals surface area contributed by atoms with E-state index in [0.717, 1.165) is 72.3 Å². The van der Waals surface area contributed by atoms with Crippen molar-refractivity contribution in [2.45, 2.75) is 31.9 Å². The third-order valence-electron chi connectivity index (χ3n) is 7.93. The molecule has 4 aromatic rings. The van der Waals surface area contributed by atoms with Crippen molar-refractivity contribution in [2.75, 3.05) is 57.4 Å². The summed E-state index contributed by atoms with van der Waals surface area (Å²) in [5.41, 5.74) is 3.43. The number of likely N-dealkylation sites (tertiary alicyclic amines) is 2. The molecule has 0 spiro atoms. The van der Waals surface area contributed by atoms with Crippen LogP contribution in [0.1, 0.15) is 18.6 Å². The van der Waals surface area contributed by atoms with Crippen LogP contribution in [0.2, 0.25) is 0 Å². The lowest BCUT2D eigenvalue weighted by Crippen LogP contribution is -2.68. The summed E-state index contributed by atoms with van der Waals surface area (Å²) in [4.78, 5) is 26.3. The summed E-state index contributed by atoms with van der Waals surface area (Å²) in [6.45, 7) is 6.76. The van der Waals surface area contributed by atoms with E-state index < -0.39 is 5.92 Å². The number of ether oxygens (including phenoxy) is 1. The molecule has 3 aliphatic rings. The van der Waals surface area contributed by atoms with Gasteiger partial charge in [-0.15, -0.1) is 0 Å². The van der Waals surface area contributed by atoms with E-state index in [0.29, 0.717) is 25.7 Å². The molecule has 0 unspecified atom stereocenters. The quantitative estimate of drug-likeness (QED) is 0.381. The largest absolute Gasteiger partial charge is 0.378 e. The molecule has 38 heavy (non-hydrogen) atoms. The van der Waals surface area contributed by atoms with E-state index in [1.54, 1.807) is 0 Å². The molecule has 0 bridgehead atoms. The molecule has 0 amide bonds. The average Bonchev–Trinajstić information content (AvgIpc) is 3.42. The fourth-order valence-electron chi connectivity index (χ4n) is 5.76. The van der Waals surface area contributed by atoms with Gasteiger partial charge in [0.05, 0.1) is 43.9 Å². The number of imidazole rings is 2. The van der Waals surface area contributed by atoms with Crippen LogP contribution in [0.5, 0.6) is 0 Å². The van der Waals surface area contributed by atoms with E-state index in [1.807, 2.05) is 45.3 Å². The first-order valence-corrected chi connectivity index (χ1v) is 13.3. The normalized spacial score (nSPS) is 20.8. The maximum Gasteiger partial charge on any atom is 0.272 e. The fraction of sp³-hybridized carbons (Fsp3) is 0.538. The number of para-hydroxylation sites is 2. The summed E-state index contributed by atoms with van der Waals surface area (Å²) in [6, 6.07) is 8.25. The van der Waals surface area contributed by atoms with Crippen LogP contribution in [-0.4, -0.2) is 103 Å². The van der Waals surface area contributed by atoms with E-state index in [4.69, 9.17) is 24.7 Å². The standard InChI is InChI=1S/C26H31F2N9O/c1-3-20-29-18-6-4-5-7-19(18)37(20)25-31-23-22(24(32-25)35-8-10-38-11-9-35)30-21(33(23)2)14-34-12-17(13-34)36-15-26(27,28)16-36/h4-7,17H,3,8-16H2,1-2H3. The molecule has 200 valence electrons. The molecule has 3 saturated heterocycles. The number of nitrogens with zero attached hydrogens (tertiary/aromatic N) is 9. The Morgan fingerprint density at radius 1 is 1.00 bits per heavy atom. The molecule has 3 aliphatic heterocycles. The van der Waals surface area contributed by atoms with Gasteiger partial charge in [-0.2, -0.15) is 9.97 Å². The van der Waals surface area contributed by atoms with Gasteiger partial charge in [0.1, 0.15) is 11.6 Å². The number of aryl methyl sites for hydroxylation is 2. The summed E-state index contributed by atoms with van der Waals surface area (Å²) in [5, 5.41) is 0. The minimum Gasteiger partial charge on any atom is -0.378 e. The lowest BCUT2D eigenvalue weighted by atomic mass is 10.0. The van der Waals surface area contributed by atoms with Gasteiger partial charge in [0.25, 0.3) is 5.92 Å². The van der Waals surface area contributed by atoms with Gasteiger partial charge in [-0.25, -0.2) is 18.7 Å². The van der Waals surface area contributed by atoms with Gasteiger partial charge in [0, 0.05) is 45.7 Å². The molecule has 10 nitrogen and oxygen atoms in total. The highest BCUT2D eigenvalue weighted by atomic mass is 19.3. The van der Waals surface area contributed by atoms with Crippen LogP contribution in [0.4, 0.5) is 14.6 Å². The summed E-state index contributed by atoms with van der Waals surface area (Å²) >= 11 is 0. The maximum atomic E-state index is 13.3. The number of morpholine rings is 1. The second-order valence-corrected chi connectivity index (χ2v) is 10.5. The Kier molecular flexibility index (Phi) is 5.60. The molecule has 3 aromatic heterocycles. The van der Waals surface area contributed by atoms with Crippen molar-refractivity contribution in [3.8, 4) is 5.95 Å². The van der Waals surface area contributed by atoms with Gasteiger partial charge in [-0.05, 0) is 12.1 Å². The molecule has 12 heteroatoms. The minimum atomic E-state index is -2.53. The third kappa shape index (κ3) is 3.93. The van der Waals surface area contributed by atoms with Crippen molar-refractivity contribution >= 4 is 28.0 Å². The predicted octanol–water partition coefficient (Wildman–Crippen LogP) is 2.24. The second-order valence-electron chi connectivity index (χ2n) is 10.5. The van der Waals surface area contributed by atoms with E-state index in [2.05, 4.69) is 16.7 Å². The number of alkyl halides is 2. The first-order valence-electron chi connectivity index (χ1n) is 13.3. The topological polar surface area (TPSA) is 80.4 Å². The summed E-state index contributed by atoms with van der Waals surface area (Å²) in [5.74, 6) is 0.659. The molecule has 0 aliphatic carbocycles. The molecule has 0 atom stereocenters. The smallest absolute Gasteiger partial charge is 0.272 e. The van der Waals surface area contributed by atoms with Crippen molar-refractivity contribution in [3.63, 3.8) is 0 Å². The lowest BCUT2D eigenvalue weighted by molar-refractivity contribution is -0.165. The number of fused-ring (bicyclic) bond motifs is 2. The van der Waals surface area contributed by atoms with Crippen molar-refractivity contribution in [1.29, 1.82) is 0 Å². The minimum absolute atomic E-state index is 0.123. The first kappa shape index (κ1) is 23.9. The zero-order chi connectivity index (χ0) is 26.0. The highest BCUT2D eigenvalue weighted by Crippen LogP contribution is 2.33. The third-order valence-corrected chi connectivity index (χ3v) is 7.93. The number of rotatable bonds is 6. The zero-order valence-electron chi connectivity index (χ0n) is 21.6. The van der Waals surface area contributed by atoms with Crippen LogP contribution < -0.4 is 4.90 Å². The molecular weight excluding hydrogens is 492 g/mol. The Morgan fingerprint density at radius 3 is 2.50 bits per heavy atom. The number of halogens is 2. The molecule has 3 fully saturated rings.